The second kappa shape index (κ2) is 4.33. The van der Waals surface area contributed by atoms with E-state index in [0.717, 1.165) is 19.4 Å². The summed E-state index contributed by atoms with van der Waals surface area (Å²) in [7, 11) is 1.66. The van der Waals surface area contributed by atoms with Gasteiger partial charge in [0.15, 0.2) is 0 Å². The fraction of sp³-hybridized carbons (Fsp3) is 0.700. The van der Waals surface area contributed by atoms with Crippen LogP contribution in [0.1, 0.15) is 19.8 Å². The highest BCUT2D eigenvalue weighted by atomic mass is 16.6. The van der Waals surface area contributed by atoms with E-state index in [4.69, 9.17) is 4.74 Å². The molecule has 94 valence electrons. The Kier molecular flexibility index (Phi) is 3.01. The van der Waals surface area contributed by atoms with Crippen LogP contribution in [0.2, 0.25) is 0 Å². The Morgan fingerprint density at radius 2 is 2.53 bits per heavy atom. The van der Waals surface area contributed by atoms with Crippen molar-refractivity contribution < 1.29 is 9.66 Å². The van der Waals surface area contributed by atoms with Gasteiger partial charge in [0.2, 0.25) is 5.82 Å². The lowest BCUT2D eigenvalue weighted by molar-refractivity contribution is -0.384. The molecule has 1 aliphatic rings. The molecule has 2 heterocycles. The zero-order valence-corrected chi connectivity index (χ0v) is 9.97. The molecule has 0 radical (unpaired) electrons. The van der Waals surface area contributed by atoms with Crippen molar-refractivity contribution in [3.63, 3.8) is 0 Å². The maximum atomic E-state index is 10.8. The SMILES string of the molecule is Cn1cc([N+](=O)[O-])c(NCC2(C)CCCO2)n1. The van der Waals surface area contributed by atoms with Crippen LogP contribution >= 0.6 is 0 Å². The minimum atomic E-state index is -0.437. The first-order valence-corrected chi connectivity index (χ1v) is 5.56. The molecule has 1 atom stereocenters. The highest BCUT2D eigenvalue weighted by Gasteiger charge is 2.30. The molecule has 1 aromatic rings. The molecule has 7 nitrogen and oxygen atoms in total. The molecule has 1 fully saturated rings. The van der Waals surface area contributed by atoms with E-state index in [1.54, 1.807) is 7.05 Å². The number of hydrogen-bond donors (Lipinski definition) is 1. The zero-order chi connectivity index (χ0) is 12.5. The van der Waals surface area contributed by atoms with Gasteiger partial charge in [-0.2, -0.15) is 0 Å². The first-order valence-electron chi connectivity index (χ1n) is 5.56. The van der Waals surface area contributed by atoms with E-state index in [1.165, 1.54) is 10.9 Å². The maximum absolute atomic E-state index is 10.8. The fourth-order valence-corrected chi connectivity index (χ4v) is 1.98. The van der Waals surface area contributed by atoms with E-state index in [9.17, 15) is 10.1 Å². The van der Waals surface area contributed by atoms with Gasteiger partial charge in [-0.25, -0.2) is 0 Å². The van der Waals surface area contributed by atoms with Crippen LogP contribution in [0.4, 0.5) is 11.5 Å². The fourth-order valence-electron chi connectivity index (χ4n) is 1.98. The number of anilines is 1. The van der Waals surface area contributed by atoms with E-state index in [2.05, 4.69) is 10.4 Å². The van der Waals surface area contributed by atoms with Crippen molar-refractivity contribution in [1.29, 1.82) is 0 Å². The average molecular weight is 240 g/mol. The van der Waals surface area contributed by atoms with E-state index < -0.39 is 4.92 Å². The molecule has 1 unspecified atom stereocenters. The van der Waals surface area contributed by atoms with Gasteiger partial charge in [-0.15, -0.1) is 5.10 Å². The Bertz CT molecular complexity index is 423. The number of aryl methyl sites for hydroxylation is 1. The molecule has 2 rings (SSSR count). The molecule has 17 heavy (non-hydrogen) atoms. The molecular weight excluding hydrogens is 224 g/mol. The van der Waals surface area contributed by atoms with Crippen molar-refractivity contribution in [2.45, 2.75) is 25.4 Å². The Hall–Kier alpha value is -1.63. The van der Waals surface area contributed by atoms with Crippen LogP contribution < -0.4 is 5.32 Å². The number of aromatic nitrogens is 2. The van der Waals surface area contributed by atoms with Crippen LogP contribution in [0.25, 0.3) is 0 Å². The number of nitro groups is 1. The molecule has 7 heteroatoms. The van der Waals surface area contributed by atoms with Crippen molar-refractivity contribution in [3.8, 4) is 0 Å². The van der Waals surface area contributed by atoms with Gasteiger partial charge in [0.25, 0.3) is 0 Å². The van der Waals surface area contributed by atoms with Gasteiger partial charge in [-0.1, -0.05) is 0 Å². The molecule has 0 aliphatic carbocycles. The van der Waals surface area contributed by atoms with Gasteiger partial charge >= 0.3 is 5.69 Å². The van der Waals surface area contributed by atoms with Crippen molar-refractivity contribution >= 4 is 11.5 Å². The normalized spacial score (nSPS) is 23.9. The van der Waals surface area contributed by atoms with E-state index in [-0.39, 0.29) is 11.3 Å². The summed E-state index contributed by atoms with van der Waals surface area (Å²) in [4.78, 5) is 10.4. The van der Waals surface area contributed by atoms with E-state index in [1.807, 2.05) is 6.92 Å². The second-order valence-electron chi connectivity index (χ2n) is 4.55. The van der Waals surface area contributed by atoms with Crippen LogP contribution in [0.15, 0.2) is 6.20 Å². The lowest BCUT2D eigenvalue weighted by atomic mass is 10.0. The largest absolute Gasteiger partial charge is 0.373 e. The summed E-state index contributed by atoms with van der Waals surface area (Å²) in [5, 5.41) is 17.8. The highest BCUT2D eigenvalue weighted by Crippen LogP contribution is 2.27. The van der Waals surface area contributed by atoms with Gasteiger partial charge in [-0.05, 0) is 19.8 Å². The summed E-state index contributed by atoms with van der Waals surface area (Å²) in [6.45, 7) is 3.29. The van der Waals surface area contributed by atoms with Crippen molar-refractivity contribution in [2.24, 2.45) is 7.05 Å². The third kappa shape index (κ3) is 2.55. The van der Waals surface area contributed by atoms with Crippen LogP contribution in [0.5, 0.6) is 0 Å². The molecule has 1 aromatic heterocycles. The first kappa shape index (κ1) is 11.8. The van der Waals surface area contributed by atoms with Gasteiger partial charge in [-0.3, -0.25) is 14.8 Å². The molecule has 0 saturated carbocycles. The smallest absolute Gasteiger partial charge is 0.330 e. The standard InChI is InChI=1S/C10H16N4O3/c1-10(4-3-5-17-10)7-11-9-8(14(15)16)6-13(2)12-9/h6H,3-5,7H2,1-2H3,(H,11,12). The molecule has 0 bridgehead atoms. The van der Waals surface area contributed by atoms with Crippen LogP contribution in [-0.2, 0) is 11.8 Å². The first-order chi connectivity index (χ1) is 8.00. The van der Waals surface area contributed by atoms with Crippen LogP contribution in [-0.4, -0.2) is 33.5 Å². The molecule has 0 spiro atoms. The van der Waals surface area contributed by atoms with Gasteiger partial charge < -0.3 is 10.1 Å². The number of nitrogens with zero attached hydrogens (tertiary/aromatic N) is 3. The molecule has 1 aliphatic heterocycles. The van der Waals surface area contributed by atoms with Crippen LogP contribution in [0.3, 0.4) is 0 Å². The molecule has 1 N–H and O–H groups in total. The summed E-state index contributed by atoms with van der Waals surface area (Å²) in [6.07, 6.45) is 3.38. The summed E-state index contributed by atoms with van der Waals surface area (Å²) < 4.78 is 7.03. The van der Waals surface area contributed by atoms with Gasteiger partial charge in [0.05, 0.1) is 10.5 Å². The van der Waals surface area contributed by atoms with E-state index in [0.29, 0.717) is 12.4 Å². The lowest BCUT2D eigenvalue weighted by Gasteiger charge is -2.22. The monoisotopic (exact) mass is 240 g/mol. The number of hydrogen-bond acceptors (Lipinski definition) is 5. The molecule has 1 saturated heterocycles. The number of nitrogens with one attached hydrogen (secondary N) is 1. The number of rotatable bonds is 4. The third-order valence-electron chi connectivity index (χ3n) is 2.94. The predicted molar refractivity (Wildman–Crippen MR) is 61.9 cm³/mol. The Balaban J connectivity index is 2.05. The average Bonchev–Trinajstić information content (AvgIpc) is 2.83. The molecular formula is C10H16N4O3. The summed E-state index contributed by atoms with van der Waals surface area (Å²) in [5.41, 5.74) is -0.250. The highest BCUT2D eigenvalue weighted by molar-refractivity contribution is 5.54. The topological polar surface area (TPSA) is 82.2 Å². The second-order valence-corrected chi connectivity index (χ2v) is 4.55. The predicted octanol–water partition coefficient (Wildman–Crippen LogP) is 1.31. The Morgan fingerprint density at radius 1 is 1.76 bits per heavy atom. The quantitative estimate of drug-likeness (QED) is 0.633. The van der Waals surface area contributed by atoms with Crippen LogP contribution in [0, 0.1) is 10.1 Å². The van der Waals surface area contributed by atoms with Crippen molar-refractivity contribution in [1.82, 2.24) is 9.78 Å². The lowest BCUT2D eigenvalue weighted by Crippen LogP contribution is -2.32. The number of ether oxygens (including phenoxy) is 1. The minimum Gasteiger partial charge on any atom is -0.373 e. The summed E-state index contributed by atoms with van der Waals surface area (Å²) in [6, 6.07) is 0. The third-order valence-corrected chi connectivity index (χ3v) is 2.94. The van der Waals surface area contributed by atoms with Crippen molar-refractivity contribution in [3.05, 3.63) is 16.3 Å². The summed E-state index contributed by atoms with van der Waals surface area (Å²) >= 11 is 0. The maximum Gasteiger partial charge on any atom is 0.330 e. The minimum absolute atomic E-state index is 0.00547. The zero-order valence-electron chi connectivity index (χ0n) is 9.97. The molecule has 0 amide bonds. The van der Waals surface area contributed by atoms with Gasteiger partial charge in [0.1, 0.15) is 6.20 Å². The van der Waals surface area contributed by atoms with Gasteiger partial charge in [0, 0.05) is 20.2 Å². The molecule has 0 aromatic carbocycles. The summed E-state index contributed by atoms with van der Waals surface area (Å²) in [5.74, 6) is 0.300. The van der Waals surface area contributed by atoms with Crippen molar-refractivity contribution in [2.75, 3.05) is 18.5 Å². The Morgan fingerprint density at radius 3 is 3.12 bits per heavy atom. The van der Waals surface area contributed by atoms with E-state index >= 15 is 0 Å². The Labute approximate surface area is 98.9 Å².